The number of allylic oxidation sites excluding steroid dienone is 4. The van der Waals surface area contributed by atoms with Gasteiger partial charge in [0.25, 0.3) is 0 Å². The molecule has 0 heterocycles. The molecule has 5 nitrogen and oxygen atoms in total. The molecule has 4 rings (SSSR count). The topological polar surface area (TPSA) is 94.8 Å². The monoisotopic (exact) mass is 392 g/mol. The van der Waals surface area contributed by atoms with E-state index in [9.17, 15) is 24.9 Å². The highest BCUT2D eigenvalue weighted by atomic mass is 19.1. The third-order valence-electron chi connectivity index (χ3n) is 8.79. The molecule has 0 aromatic heterocycles. The Hall–Kier alpha value is -1.37. The van der Waals surface area contributed by atoms with E-state index in [0.29, 0.717) is 24.8 Å². The summed E-state index contributed by atoms with van der Waals surface area (Å²) in [5, 5.41) is 32.0. The van der Waals surface area contributed by atoms with Crippen LogP contribution in [0.2, 0.25) is 0 Å². The van der Waals surface area contributed by atoms with Gasteiger partial charge in [0.15, 0.2) is 17.2 Å². The number of hydrogen-bond donors (Lipinski definition) is 3. The van der Waals surface area contributed by atoms with Crippen molar-refractivity contribution in [1.82, 2.24) is 0 Å². The zero-order chi connectivity index (χ0) is 20.7. The van der Waals surface area contributed by atoms with Crippen LogP contribution in [-0.4, -0.2) is 50.9 Å². The average Bonchev–Trinajstić information content (AvgIpc) is 2.84. The average molecular weight is 392 g/mol. The first-order valence-electron chi connectivity index (χ1n) is 10.1. The number of hydrogen-bond acceptors (Lipinski definition) is 5. The number of ketones is 2. The Labute approximate surface area is 164 Å². The molecule has 28 heavy (non-hydrogen) atoms. The van der Waals surface area contributed by atoms with E-state index in [2.05, 4.69) is 0 Å². The number of halogens is 1. The van der Waals surface area contributed by atoms with Gasteiger partial charge in [-0.15, -0.1) is 0 Å². The molecule has 0 aromatic rings. The Morgan fingerprint density at radius 2 is 2.00 bits per heavy atom. The van der Waals surface area contributed by atoms with Crippen molar-refractivity contribution in [2.24, 2.45) is 28.6 Å². The van der Waals surface area contributed by atoms with Crippen LogP contribution in [0.15, 0.2) is 23.8 Å². The Morgan fingerprint density at radius 3 is 2.64 bits per heavy atom. The quantitative estimate of drug-likeness (QED) is 0.667. The van der Waals surface area contributed by atoms with Crippen molar-refractivity contribution in [3.05, 3.63) is 23.8 Å². The van der Waals surface area contributed by atoms with Gasteiger partial charge in [0.05, 0.1) is 6.10 Å². The lowest BCUT2D eigenvalue weighted by atomic mass is 9.44. The zero-order valence-corrected chi connectivity index (χ0v) is 16.6. The molecule has 0 aromatic carbocycles. The van der Waals surface area contributed by atoms with E-state index in [-0.39, 0.29) is 18.1 Å². The van der Waals surface area contributed by atoms with E-state index in [0.717, 1.165) is 0 Å². The van der Waals surface area contributed by atoms with Gasteiger partial charge in [-0.1, -0.05) is 25.5 Å². The molecule has 6 heteroatoms. The van der Waals surface area contributed by atoms with Crippen molar-refractivity contribution in [3.63, 3.8) is 0 Å². The van der Waals surface area contributed by atoms with Crippen LogP contribution in [0.5, 0.6) is 0 Å². The first-order chi connectivity index (χ1) is 13.0. The Balaban J connectivity index is 1.84. The number of aliphatic hydroxyl groups excluding tert-OH is 2. The van der Waals surface area contributed by atoms with E-state index in [4.69, 9.17) is 0 Å². The SMILES string of the molecule is C[C@H]1CC2C3CCC4=CC(=O)C=CC4(C)[C@@]3(F)[C@@H](O)CC2(C)[C@@]1(O)C(=O)CO. The Kier molecular flexibility index (Phi) is 4.15. The summed E-state index contributed by atoms with van der Waals surface area (Å²) in [5.74, 6) is -2.12. The van der Waals surface area contributed by atoms with Crippen LogP contribution in [0.25, 0.3) is 0 Å². The highest BCUT2D eigenvalue weighted by molar-refractivity contribution is 6.01. The number of Topliss-reactive ketones (excluding diaryl/α,β-unsaturated/α-hetero) is 1. The van der Waals surface area contributed by atoms with Crippen LogP contribution in [-0.2, 0) is 9.59 Å². The molecule has 0 radical (unpaired) electrons. The number of carbonyl (C=O) groups excluding carboxylic acids is 2. The molecule has 154 valence electrons. The molecule has 0 saturated heterocycles. The first-order valence-corrected chi connectivity index (χ1v) is 10.1. The summed E-state index contributed by atoms with van der Waals surface area (Å²) in [6, 6.07) is 0. The summed E-state index contributed by atoms with van der Waals surface area (Å²) < 4.78 is 16.9. The molecule has 3 N–H and O–H groups in total. The summed E-state index contributed by atoms with van der Waals surface area (Å²) in [5.41, 5.74) is -5.17. The van der Waals surface area contributed by atoms with E-state index in [1.54, 1.807) is 26.8 Å². The summed E-state index contributed by atoms with van der Waals surface area (Å²) in [7, 11) is 0. The highest BCUT2D eigenvalue weighted by Crippen LogP contribution is 2.70. The Morgan fingerprint density at radius 1 is 1.32 bits per heavy atom. The van der Waals surface area contributed by atoms with E-state index >= 15 is 4.39 Å². The van der Waals surface area contributed by atoms with E-state index in [1.165, 1.54) is 12.2 Å². The number of rotatable bonds is 2. The third-order valence-corrected chi connectivity index (χ3v) is 8.79. The van der Waals surface area contributed by atoms with E-state index in [1.807, 2.05) is 0 Å². The molecule has 0 amide bonds. The summed E-state index contributed by atoms with van der Waals surface area (Å²) >= 11 is 0. The molecule has 0 spiro atoms. The molecule has 3 saturated carbocycles. The lowest BCUT2D eigenvalue weighted by molar-refractivity contribution is -0.219. The molecule has 3 fully saturated rings. The minimum Gasteiger partial charge on any atom is -0.390 e. The van der Waals surface area contributed by atoms with Crippen LogP contribution in [0.3, 0.4) is 0 Å². The molecular weight excluding hydrogens is 363 g/mol. The lowest BCUT2D eigenvalue weighted by Crippen LogP contribution is -2.69. The van der Waals surface area contributed by atoms with Crippen molar-refractivity contribution in [2.45, 2.75) is 63.8 Å². The second-order valence-corrected chi connectivity index (χ2v) is 9.75. The minimum absolute atomic E-state index is 0.0676. The standard InChI is InChI=1S/C22H29FO5/c1-12-8-16-15-5-4-13-9-14(25)6-7-19(13,2)21(15,23)17(26)10-20(16,3)22(12,28)18(27)11-24/h6-7,9,12,15-17,24,26,28H,4-5,8,10-11H2,1-3H3/t12-,15?,16?,17-,19?,20?,21-,22-/m0/s1. The Bertz CT molecular complexity index is 805. The van der Waals surface area contributed by atoms with Crippen LogP contribution in [0, 0.1) is 28.6 Å². The number of alkyl halides is 1. The van der Waals surface area contributed by atoms with Crippen molar-refractivity contribution in [1.29, 1.82) is 0 Å². The van der Waals surface area contributed by atoms with Crippen LogP contribution in [0.1, 0.15) is 46.5 Å². The van der Waals surface area contributed by atoms with Crippen molar-refractivity contribution < 1.29 is 29.3 Å². The fourth-order valence-corrected chi connectivity index (χ4v) is 7.26. The van der Waals surface area contributed by atoms with Crippen LogP contribution in [0.4, 0.5) is 4.39 Å². The van der Waals surface area contributed by atoms with Gasteiger partial charge in [-0.3, -0.25) is 9.59 Å². The predicted octanol–water partition coefficient (Wildman–Crippen LogP) is 1.90. The third kappa shape index (κ3) is 2.01. The summed E-state index contributed by atoms with van der Waals surface area (Å²) in [4.78, 5) is 24.4. The normalized spacial score (nSPS) is 52.5. The van der Waals surface area contributed by atoms with Crippen LogP contribution < -0.4 is 0 Å². The summed E-state index contributed by atoms with van der Waals surface area (Å²) in [6.45, 7) is 4.48. The van der Waals surface area contributed by atoms with Crippen molar-refractivity contribution in [3.8, 4) is 0 Å². The second kappa shape index (κ2) is 5.83. The van der Waals surface area contributed by atoms with Gasteiger partial charge in [0.1, 0.15) is 12.2 Å². The second-order valence-electron chi connectivity index (χ2n) is 9.75. The molecular formula is C22H29FO5. The fraction of sp³-hybridized carbons (Fsp3) is 0.727. The van der Waals surface area contributed by atoms with Gasteiger partial charge in [-0.05, 0) is 56.6 Å². The maximum atomic E-state index is 16.9. The molecule has 4 unspecified atom stereocenters. The molecule has 0 bridgehead atoms. The highest BCUT2D eigenvalue weighted by Gasteiger charge is 2.75. The number of carbonyl (C=O) groups is 2. The first kappa shape index (κ1) is 19.9. The van der Waals surface area contributed by atoms with Crippen LogP contribution >= 0.6 is 0 Å². The molecule has 8 atom stereocenters. The minimum atomic E-state index is -1.98. The van der Waals surface area contributed by atoms with Crippen molar-refractivity contribution >= 4 is 11.6 Å². The van der Waals surface area contributed by atoms with Gasteiger partial charge in [0.2, 0.25) is 0 Å². The molecule has 0 aliphatic heterocycles. The van der Waals surface area contributed by atoms with Gasteiger partial charge in [-0.25, -0.2) is 4.39 Å². The van der Waals surface area contributed by atoms with Gasteiger partial charge in [-0.2, -0.15) is 0 Å². The maximum absolute atomic E-state index is 16.9. The summed E-state index contributed by atoms with van der Waals surface area (Å²) in [6.07, 6.45) is 4.44. The van der Waals surface area contributed by atoms with Crippen molar-refractivity contribution in [2.75, 3.05) is 6.61 Å². The number of fused-ring (bicyclic) bond motifs is 5. The number of aliphatic hydroxyl groups is 3. The maximum Gasteiger partial charge on any atom is 0.190 e. The van der Waals surface area contributed by atoms with Gasteiger partial charge < -0.3 is 15.3 Å². The fourth-order valence-electron chi connectivity index (χ4n) is 7.26. The molecule has 4 aliphatic rings. The molecule has 4 aliphatic carbocycles. The van der Waals surface area contributed by atoms with E-state index < -0.39 is 52.4 Å². The largest absolute Gasteiger partial charge is 0.390 e. The lowest BCUT2D eigenvalue weighted by Gasteiger charge is -2.62. The van der Waals surface area contributed by atoms with Gasteiger partial charge >= 0.3 is 0 Å². The zero-order valence-electron chi connectivity index (χ0n) is 16.6. The predicted molar refractivity (Wildman–Crippen MR) is 99.9 cm³/mol. The smallest absolute Gasteiger partial charge is 0.190 e. The van der Waals surface area contributed by atoms with Gasteiger partial charge in [0, 0.05) is 16.7 Å².